The van der Waals surface area contributed by atoms with Crippen molar-refractivity contribution in [1.82, 2.24) is 0 Å². The van der Waals surface area contributed by atoms with E-state index in [2.05, 4.69) is 26.8 Å². The number of carboxylic acids is 1. The highest BCUT2D eigenvalue weighted by Gasteiger charge is 2.08. The molecule has 0 atom stereocenters. The second-order valence-electron chi connectivity index (χ2n) is 4.13. The minimum Gasteiger partial charge on any atom is -0.480 e. The minimum absolute atomic E-state index is 0.244. The van der Waals surface area contributed by atoms with Crippen molar-refractivity contribution in [2.24, 2.45) is 0 Å². The molecular formula is C13H18O3. The lowest BCUT2D eigenvalue weighted by atomic mass is 9.95. The lowest BCUT2D eigenvalue weighted by Gasteiger charge is -2.14. The molecular weight excluding hydrogens is 204 g/mol. The Morgan fingerprint density at radius 3 is 2.38 bits per heavy atom. The topological polar surface area (TPSA) is 46.5 Å². The summed E-state index contributed by atoms with van der Waals surface area (Å²) >= 11 is 0. The van der Waals surface area contributed by atoms with Crippen LogP contribution in [0.5, 0.6) is 0 Å². The molecule has 0 radical (unpaired) electrons. The smallest absolute Gasteiger partial charge is 0.329 e. The lowest BCUT2D eigenvalue weighted by Crippen LogP contribution is -2.09. The number of carbonyl (C=O) groups is 1. The first-order valence-corrected chi connectivity index (χ1v) is 5.29. The molecule has 1 aromatic rings. The molecule has 0 saturated heterocycles. The third kappa shape index (κ3) is 2.83. The van der Waals surface area contributed by atoms with Crippen LogP contribution in [0.3, 0.4) is 0 Å². The average molecular weight is 222 g/mol. The van der Waals surface area contributed by atoms with E-state index in [9.17, 15) is 4.79 Å². The van der Waals surface area contributed by atoms with Gasteiger partial charge in [0, 0.05) is 0 Å². The van der Waals surface area contributed by atoms with E-state index in [-0.39, 0.29) is 6.61 Å². The maximum atomic E-state index is 10.4. The largest absolute Gasteiger partial charge is 0.480 e. The van der Waals surface area contributed by atoms with Gasteiger partial charge in [-0.15, -0.1) is 0 Å². The summed E-state index contributed by atoms with van der Waals surface area (Å²) in [6.07, 6.45) is 0. The second-order valence-corrected chi connectivity index (χ2v) is 4.13. The zero-order chi connectivity index (χ0) is 12.3. The summed E-state index contributed by atoms with van der Waals surface area (Å²) in [6, 6.07) is 2.11. The van der Waals surface area contributed by atoms with Gasteiger partial charge in [-0.1, -0.05) is 6.07 Å². The maximum absolute atomic E-state index is 10.4. The zero-order valence-corrected chi connectivity index (χ0v) is 10.3. The number of hydrogen-bond acceptors (Lipinski definition) is 2. The van der Waals surface area contributed by atoms with E-state index in [4.69, 9.17) is 9.84 Å². The first-order chi connectivity index (χ1) is 7.43. The number of benzene rings is 1. The Kier molecular flexibility index (Phi) is 4.07. The summed E-state index contributed by atoms with van der Waals surface area (Å²) in [7, 11) is 0. The van der Waals surface area contributed by atoms with Gasteiger partial charge >= 0.3 is 5.97 Å². The minimum atomic E-state index is -0.931. The summed E-state index contributed by atoms with van der Waals surface area (Å²) in [6.45, 7) is 8.35. The van der Waals surface area contributed by atoms with Crippen LogP contribution in [0, 0.1) is 27.7 Å². The van der Waals surface area contributed by atoms with Gasteiger partial charge in [-0.05, 0) is 55.5 Å². The molecule has 1 rings (SSSR count). The van der Waals surface area contributed by atoms with E-state index >= 15 is 0 Å². The van der Waals surface area contributed by atoms with Crippen LogP contribution < -0.4 is 0 Å². The van der Waals surface area contributed by atoms with Crippen molar-refractivity contribution in [2.45, 2.75) is 34.3 Å². The van der Waals surface area contributed by atoms with Crippen molar-refractivity contribution < 1.29 is 14.6 Å². The average Bonchev–Trinajstić information content (AvgIpc) is 2.19. The maximum Gasteiger partial charge on any atom is 0.329 e. The van der Waals surface area contributed by atoms with Crippen molar-refractivity contribution in [1.29, 1.82) is 0 Å². The molecule has 0 aliphatic heterocycles. The van der Waals surface area contributed by atoms with Crippen LogP contribution in [-0.4, -0.2) is 17.7 Å². The SMILES string of the molecule is Cc1cc(C)c(COCC(=O)O)c(C)c1C. The summed E-state index contributed by atoms with van der Waals surface area (Å²) in [5.74, 6) is -0.931. The lowest BCUT2D eigenvalue weighted by molar-refractivity contribution is -0.142. The summed E-state index contributed by atoms with van der Waals surface area (Å²) < 4.78 is 5.14. The van der Waals surface area contributed by atoms with Crippen LogP contribution in [0.25, 0.3) is 0 Å². The third-order valence-corrected chi connectivity index (χ3v) is 2.99. The Morgan fingerprint density at radius 1 is 1.19 bits per heavy atom. The molecule has 0 fully saturated rings. The number of rotatable bonds is 4. The monoisotopic (exact) mass is 222 g/mol. The number of ether oxygens (including phenoxy) is 1. The van der Waals surface area contributed by atoms with Gasteiger partial charge in [-0.3, -0.25) is 0 Å². The molecule has 0 amide bonds. The summed E-state index contributed by atoms with van der Waals surface area (Å²) in [4.78, 5) is 10.4. The van der Waals surface area contributed by atoms with E-state index in [1.807, 2.05) is 6.92 Å². The van der Waals surface area contributed by atoms with Crippen molar-refractivity contribution in [3.05, 3.63) is 33.9 Å². The molecule has 16 heavy (non-hydrogen) atoms. The van der Waals surface area contributed by atoms with E-state index in [1.165, 1.54) is 16.7 Å². The number of hydrogen-bond donors (Lipinski definition) is 1. The molecule has 0 heterocycles. The van der Waals surface area contributed by atoms with Crippen LogP contribution in [0.2, 0.25) is 0 Å². The first kappa shape index (κ1) is 12.7. The first-order valence-electron chi connectivity index (χ1n) is 5.29. The van der Waals surface area contributed by atoms with Gasteiger partial charge in [0.2, 0.25) is 0 Å². The highest BCUT2D eigenvalue weighted by Crippen LogP contribution is 2.22. The molecule has 0 aliphatic rings. The van der Waals surface area contributed by atoms with E-state index in [0.717, 1.165) is 11.1 Å². The Labute approximate surface area is 96.1 Å². The van der Waals surface area contributed by atoms with Gasteiger partial charge in [-0.2, -0.15) is 0 Å². The molecule has 3 nitrogen and oxygen atoms in total. The van der Waals surface area contributed by atoms with Crippen LogP contribution >= 0.6 is 0 Å². The van der Waals surface area contributed by atoms with E-state index in [1.54, 1.807) is 0 Å². The Bertz CT molecular complexity index is 408. The van der Waals surface area contributed by atoms with Gasteiger partial charge in [0.05, 0.1) is 6.61 Å². The third-order valence-electron chi connectivity index (χ3n) is 2.99. The predicted molar refractivity (Wildman–Crippen MR) is 62.7 cm³/mol. The fourth-order valence-electron chi connectivity index (χ4n) is 1.80. The molecule has 0 aliphatic carbocycles. The molecule has 0 unspecified atom stereocenters. The standard InChI is InChI=1S/C13H18O3/c1-8-5-9(2)12(11(4)10(8)3)6-16-7-13(14)15/h5H,6-7H2,1-4H3,(H,14,15). The normalized spacial score (nSPS) is 10.5. The van der Waals surface area contributed by atoms with Gasteiger partial charge < -0.3 is 9.84 Å². The summed E-state index contributed by atoms with van der Waals surface area (Å²) in [5, 5.41) is 8.50. The van der Waals surface area contributed by atoms with Crippen molar-refractivity contribution in [3.8, 4) is 0 Å². The highest BCUT2D eigenvalue weighted by molar-refractivity contribution is 5.68. The Balaban J connectivity index is 2.87. The Morgan fingerprint density at radius 2 is 1.81 bits per heavy atom. The fourth-order valence-corrected chi connectivity index (χ4v) is 1.80. The van der Waals surface area contributed by atoms with Gasteiger partial charge in [0.15, 0.2) is 0 Å². The van der Waals surface area contributed by atoms with Crippen LogP contribution in [-0.2, 0) is 16.1 Å². The second kappa shape index (κ2) is 5.12. The van der Waals surface area contributed by atoms with Gasteiger partial charge in [0.1, 0.15) is 6.61 Å². The van der Waals surface area contributed by atoms with Crippen molar-refractivity contribution in [3.63, 3.8) is 0 Å². The molecule has 0 bridgehead atoms. The quantitative estimate of drug-likeness (QED) is 0.851. The number of carboxylic acid groups (broad SMARTS) is 1. The fraction of sp³-hybridized carbons (Fsp3) is 0.462. The number of aliphatic carboxylic acids is 1. The molecule has 1 aromatic carbocycles. The Hall–Kier alpha value is -1.35. The van der Waals surface area contributed by atoms with Crippen LogP contribution in [0.4, 0.5) is 0 Å². The van der Waals surface area contributed by atoms with E-state index in [0.29, 0.717) is 6.61 Å². The van der Waals surface area contributed by atoms with Crippen molar-refractivity contribution in [2.75, 3.05) is 6.61 Å². The molecule has 0 saturated carbocycles. The van der Waals surface area contributed by atoms with Crippen LogP contribution in [0.1, 0.15) is 27.8 Å². The highest BCUT2D eigenvalue weighted by atomic mass is 16.5. The molecule has 1 N–H and O–H groups in total. The molecule has 88 valence electrons. The van der Waals surface area contributed by atoms with Gasteiger partial charge in [-0.25, -0.2) is 4.79 Å². The van der Waals surface area contributed by atoms with Crippen molar-refractivity contribution >= 4 is 5.97 Å². The molecule has 0 spiro atoms. The molecule has 0 aromatic heterocycles. The van der Waals surface area contributed by atoms with Crippen LogP contribution in [0.15, 0.2) is 6.07 Å². The molecule has 3 heteroatoms. The predicted octanol–water partition coefficient (Wildman–Crippen LogP) is 2.52. The summed E-state index contributed by atoms with van der Waals surface area (Å²) in [5.41, 5.74) is 5.97. The van der Waals surface area contributed by atoms with Gasteiger partial charge in [0.25, 0.3) is 0 Å². The number of aryl methyl sites for hydroxylation is 2. The zero-order valence-electron chi connectivity index (χ0n) is 10.3. The van der Waals surface area contributed by atoms with E-state index < -0.39 is 5.97 Å².